The Morgan fingerprint density at radius 2 is 0.647 bits per heavy atom. The van der Waals surface area contributed by atoms with Gasteiger partial charge in [-0.1, -0.05) is 290 Å². The lowest BCUT2D eigenvalue weighted by atomic mass is 9.68. The lowest BCUT2D eigenvalue weighted by molar-refractivity contribution is -0.274. The van der Waals surface area contributed by atoms with Crippen LogP contribution in [-0.2, 0) is 110 Å². The summed E-state index contributed by atoms with van der Waals surface area (Å²) in [4.78, 5) is 74.2. The molecule has 0 fully saturated rings. The van der Waals surface area contributed by atoms with Crippen LogP contribution in [0.4, 0.5) is 37.7 Å². The Morgan fingerprint density at radius 1 is 0.367 bits per heavy atom. The molecule has 0 unspecified atom stereocenters. The topological polar surface area (TPSA) is 113 Å². The van der Waals surface area contributed by atoms with Crippen molar-refractivity contribution < 1.29 is 55.1 Å². The van der Waals surface area contributed by atoms with Crippen LogP contribution in [-0.4, -0.2) is 96.0 Å². The van der Waals surface area contributed by atoms with Gasteiger partial charge >= 0.3 is 12.5 Å². The van der Waals surface area contributed by atoms with Crippen LogP contribution < -0.4 is 19.9 Å². The molecular formula is C118H139F6N3O6S6. The van der Waals surface area contributed by atoms with E-state index < -0.39 is 40.0 Å². The number of nitrogens with one attached hydrogen (secondary N) is 1. The standard InChI is InChI=1S/C24H26F3NO3.C24H29NOS.C23H25F3S2.C23H27NOS2.C23H28OS.CH4/c1-22(2)19-14-16(8-11-20(19)28(5)23(3,4)21(22)30)13-17(29)12-15-6-9-18(10-7-15)31-24(25,26)27;1-16-7-9-17(10-8-16)13-19(27)14-18-11-12-21-20(15-18)23(2,3)22(26)24(4,5)25(21)6;1-21(2)14-22(3,4)28-20-10-7-16(13-19(20)21)12-18(27)11-15-5-8-17(9-6-15)23(24,25)26;1-22(2)15-23(3,4)27-20-11-10-16(13-19(20)22)12-18(26)14-24-21(25)17-8-6-5-7-9-17;1-16-6-8-17(9-7-16)12-19(24)13-18-10-11-21-20(14-18)22(2,3)15-23(4,5)25-21;/h6-11,14H,12-13H2,1-5H3;7-12,15H,13-14H2,1-6H3;5-10,13H,11-12,14H2,1-4H3;5-11,13H,12,14-15H2,1-4H3,(H,24,25);6-11,14H,12-13,15H2,1-5H3;1H4. The summed E-state index contributed by atoms with van der Waals surface area (Å²) in [6.07, 6.45) is -0.892. The largest absolute Gasteiger partial charge is 0.573 e. The third kappa shape index (κ3) is 29.0. The number of rotatable bonds is 22. The predicted octanol–water partition coefficient (Wildman–Crippen LogP) is 29.8. The van der Waals surface area contributed by atoms with Crippen molar-refractivity contribution in [1.82, 2.24) is 5.32 Å². The number of likely N-dealkylation sites (N-methyl/N-ethyl adjacent to an activating group) is 2. The van der Waals surface area contributed by atoms with E-state index in [1.807, 2.05) is 158 Å². The molecule has 0 atom stereocenters. The van der Waals surface area contributed by atoms with Crippen LogP contribution in [0.2, 0.25) is 0 Å². The van der Waals surface area contributed by atoms with Crippen LogP contribution in [0.15, 0.2) is 233 Å². The Morgan fingerprint density at radius 3 is 0.986 bits per heavy atom. The van der Waals surface area contributed by atoms with Crippen molar-refractivity contribution in [1.29, 1.82) is 0 Å². The normalized spacial score (nSPS) is 17.4. The zero-order valence-corrected chi connectivity index (χ0v) is 89.4. The van der Waals surface area contributed by atoms with Crippen molar-refractivity contribution in [2.24, 2.45) is 0 Å². The number of halogens is 6. The van der Waals surface area contributed by atoms with E-state index in [2.05, 4.69) is 233 Å². The van der Waals surface area contributed by atoms with Gasteiger partial charge in [0.2, 0.25) is 0 Å². The number of benzene rings is 10. The first-order valence-electron chi connectivity index (χ1n) is 47.3. The molecule has 10 aromatic rings. The van der Waals surface area contributed by atoms with Crippen LogP contribution in [0.5, 0.6) is 5.75 Å². The molecule has 9 nitrogen and oxygen atoms in total. The fourth-order valence-corrected chi connectivity index (χ4v) is 26.0. The number of fused-ring (bicyclic) bond motifs is 5. The summed E-state index contributed by atoms with van der Waals surface area (Å²) in [7, 11) is 3.90. The van der Waals surface area contributed by atoms with Gasteiger partial charge in [0.25, 0.3) is 5.91 Å². The van der Waals surface area contributed by atoms with Crippen LogP contribution >= 0.6 is 71.9 Å². The zero-order valence-electron chi connectivity index (χ0n) is 84.5. The Balaban J connectivity index is 0.000000179. The summed E-state index contributed by atoms with van der Waals surface area (Å²) in [6.45, 7) is 48.0. The molecular weight excluding hydrogens is 1860 g/mol. The van der Waals surface area contributed by atoms with E-state index in [9.17, 15) is 50.3 Å². The fourth-order valence-electron chi connectivity index (χ4n) is 20.3. The number of anilines is 2. The second kappa shape index (κ2) is 43.8. The van der Waals surface area contributed by atoms with E-state index in [4.69, 9.17) is 36.7 Å². The van der Waals surface area contributed by atoms with Gasteiger partial charge in [-0.05, 0) is 249 Å². The summed E-state index contributed by atoms with van der Waals surface area (Å²) in [6, 6.07) is 68.8. The van der Waals surface area contributed by atoms with Crippen molar-refractivity contribution in [2.75, 3.05) is 30.4 Å². The Bertz CT molecular complexity index is 6170. The maximum absolute atomic E-state index is 13.1. The molecule has 21 heteroatoms. The smallest absolute Gasteiger partial charge is 0.406 e. The number of Topliss-reactive ketones (excluding diaryl/α,β-unsaturated/α-hetero) is 4. The van der Waals surface area contributed by atoms with Crippen LogP contribution in [0.3, 0.4) is 0 Å². The van der Waals surface area contributed by atoms with Gasteiger partial charge in [0.1, 0.15) is 17.3 Å². The third-order valence-corrected chi connectivity index (χ3v) is 31.7. The average Bonchev–Trinajstić information content (AvgIpc) is 0.729. The monoisotopic (exact) mass is 2000 g/mol. The number of ketones is 4. The second-order valence-electron chi connectivity index (χ2n) is 43.8. The number of carbonyl (C=O) groups is 5. The predicted molar refractivity (Wildman–Crippen MR) is 580 cm³/mol. The highest BCUT2D eigenvalue weighted by Gasteiger charge is 2.51. The molecule has 5 aliphatic heterocycles. The van der Waals surface area contributed by atoms with Gasteiger partial charge in [-0.2, -0.15) is 13.2 Å². The number of amides is 1. The van der Waals surface area contributed by atoms with Crippen LogP contribution in [0, 0.1) is 13.8 Å². The minimum absolute atomic E-state index is 0. The van der Waals surface area contributed by atoms with Gasteiger partial charge in [-0.25, -0.2) is 0 Å². The molecule has 15 rings (SSSR count). The van der Waals surface area contributed by atoms with E-state index in [1.54, 1.807) is 0 Å². The first kappa shape index (κ1) is 112. The molecule has 740 valence electrons. The molecule has 0 saturated carbocycles. The number of nitrogens with zero attached hydrogens (tertiary/aromatic N) is 2. The maximum atomic E-state index is 13.1. The molecule has 5 aliphatic rings. The number of thioether (sulfide) groups is 3. The Hall–Kier alpha value is -9.35. The van der Waals surface area contributed by atoms with Crippen molar-refractivity contribution >= 4 is 127 Å². The molecule has 1 N–H and O–H groups in total. The molecule has 1 amide bonds. The number of hydrogen-bond donors (Lipinski definition) is 1. The van der Waals surface area contributed by atoms with Crippen LogP contribution in [0.25, 0.3) is 0 Å². The molecule has 0 aliphatic carbocycles. The minimum Gasteiger partial charge on any atom is -0.406 e. The summed E-state index contributed by atoms with van der Waals surface area (Å²) in [5, 5.41) is 2.92. The van der Waals surface area contributed by atoms with Gasteiger partial charge in [0, 0.05) is 139 Å². The lowest BCUT2D eigenvalue weighted by Gasteiger charge is -2.48. The Labute approximate surface area is 852 Å². The van der Waals surface area contributed by atoms with Gasteiger partial charge in [-0.15, -0.1) is 48.5 Å². The molecule has 5 heterocycles. The van der Waals surface area contributed by atoms with E-state index in [1.165, 1.54) is 101 Å². The van der Waals surface area contributed by atoms with Gasteiger partial charge in [0.15, 0.2) is 11.6 Å². The first-order valence-corrected chi connectivity index (χ1v) is 50.9. The van der Waals surface area contributed by atoms with E-state index in [-0.39, 0.29) is 85.5 Å². The summed E-state index contributed by atoms with van der Waals surface area (Å²) in [5.41, 5.74) is 18.2. The Kier molecular flexibility index (Phi) is 35.2. The van der Waals surface area contributed by atoms with Crippen molar-refractivity contribution in [3.05, 3.63) is 319 Å². The molecule has 0 radical (unpaired) electrons. The maximum Gasteiger partial charge on any atom is 0.573 e. The van der Waals surface area contributed by atoms with Crippen LogP contribution in [0.1, 0.15) is 270 Å². The summed E-state index contributed by atoms with van der Waals surface area (Å²) < 4.78 is 79.4. The van der Waals surface area contributed by atoms with Crippen molar-refractivity contribution in [3.8, 4) is 5.75 Å². The van der Waals surface area contributed by atoms with E-state index in [0.717, 1.165) is 104 Å². The average molecular weight is 2000 g/mol. The number of aryl methyl sites for hydroxylation is 2. The highest BCUT2D eigenvalue weighted by molar-refractivity contribution is 8.01. The molecule has 0 spiro atoms. The third-order valence-electron chi connectivity index (χ3n) is 27.0. The molecule has 10 aromatic carbocycles. The molecule has 139 heavy (non-hydrogen) atoms. The number of alkyl halides is 6. The number of hydrogen-bond acceptors (Lipinski definition) is 14. The van der Waals surface area contributed by atoms with Gasteiger partial charge in [-0.3, -0.25) is 24.0 Å². The summed E-state index contributed by atoms with van der Waals surface area (Å²) in [5.74, 6) is 0.174. The van der Waals surface area contributed by atoms with Crippen molar-refractivity contribution in [2.45, 2.75) is 316 Å². The fraction of sp³-hybridized carbons (Fsp3) is 0.424. The number of thiocarbonyl (C=S) groups is 3. The highest BCUT2D eigenvalue weighted by atomic mass is 32.2. The summed E-state index contributed by atoms with van der Waals surface area (Å²) >= 11 is 22.6. The molecule has 0 saturated heterocycles. The minimum atomic E-state index is -4.75. The quantitative estimate of drug-likeness (QED) is 0.0513. The lowest BCUT2D eigenvalue weighted by Crippen LogP contribution is -2.58. The van der Waals surface area contributed by atoms with E-state index in [0.29, 0.717) is 49.8 Å². The number of carbonyl (C=O) groups excluding carboxylic acids is 5. The first-order chi connectivity index (χ1) is 63.9. The molecule has 0 bridgehead atoms. The zero-order chi connectivity index (χ0) is 102. The van der Waals surface area contributed by atoms with Crippen molar-refractivity contribution in [3.63, 3.8) is 0 Å². The SMILES string of the molecule is C.CC1(C)CC(C)(C)c2cc(CC(=S)CNC(=O)c3ccccc3)ccc2S1.CC1(C)CC(C)(C)c2cc(CC(=S)Cc3ccc(C(F)(F)F)cc3)ccc2S1.CN1c2ccc(CC(=O)Cc3ccc(OC(F)(F)F)cc3)cc2C(C)(C)C(=O)C1(C)C.Cc1ccc(CC(=O)Cc2ccc3c(c2)C(C)(C)CC(C)(C)S3)cc1.Cc1ccc(CC(=S)Cc2ccc3c(c2)C(C)(C)C(=O)C(C)(C)N3C)cc1. The molecule has 0 aromatic heterocycles. The van der Waals surface area contributed by atoms with Gasteiger partial charge < -0.3 is 19.9 Å². The number of ether oxygens (including phenoxy) is 1. The highest BCUT2D eigenvalue weighted by Crippen LogP contribution is 2.55. The second-order valence-corrected chi connectivity index (χ2v) is 50.8. The van der Waals surface area contributed by atoms with Gasteiger partial charge in [0.05, 0.1) is 27.5 Å². The van der Waals surface area contributed by atoms with E-state index >= 15 is 0 Å².